The zero-order valence-corrected chi connectivity index (χ0v) is 20.7. The van der Waals surface area contributed by atoms with Gasteiger partial charge in [-0.2, -0.15) is 0 Å². The summed E-state index contributed by atoms with van der Waals surface area (Å²) in [5, 5.41) is 12.5. The van der Waals surface area contributed by atoms with Gasteiger partial charge in [0.05, 0.1) is 23.3 Å². The number of nitrogens with zero attached hydrogens (tertiary/aromatic N) is 4. The molecule has 0 saturated heterocycles. The Balaban J connectivity index is 1.74. The number of esters is 1. The van der Waals surface area contributed by atoms with Crippen LogP contribution in [-0.4, -0.2) is 64.4 Å². The van der Waals surface area contributed by atoms with Crippen LogP contribution in [0.5, 0.6) is 0 Å². The molecule has 1 aliphatic rings. The van der Waals surface area contributed by atoms with Gasteiger partial charge in [0.15, 0.2) is 5.16 Å². The summed E-state index contributed by atoms with van der Waals surface area (Å²) in [5.74, 6) is 0.432. The minimum atomic E-state index is -0.591. The highest BCUT2D eigenvalue weighted by Crippen LogP contribution is 2.36. The second-order valence-electron chi connectivity index (χ2n) is 7.85. The smallest absolute Gasteiger partial charge is 0.341 e. The molecule has 2 aromatic rings. The monoisotopic (exact) mass is 479 g/mol. The molecule has 0 spiro atoms. The summed E-state index contributed by atoms with van der Waals surface area (Å²) in [6, 6.07) is 0. The quantitative estimate of drug-likeness (QED) is 0.456. The molecule has 0 atom stereocenters. The number of thioether (sulfide) groups is 1. The number of anilines is 1. The Morgan fingerprint density at radius 3 is 2.53 bits per heavy atom. The molecule has 1 fully saturated rings. The van der Waals surface area contributed by atoms with Crippen molar-refractivity contribution in [3.05, 3.63) is 21.8 Å². The van der Waals surface area contributed by atoms with Gasteiger partial charge in [0.25, 0.3) is 5.91 Å². The van der Waals surface area contributed by atoms with E-state index in [1.54, 1.807) is 21.0 Å². The number of methoxy groups -OCH3 is 1. The molecular weight excluding hydrogens is 450 g/mol. The molecule has 2 heterocycles. The molecule has 0 unspecified atom stereocenters. The van der Waals surface area contributed by atoms with E-state index in [2.05, 4.69) is 20.1 Å². The SMILES string of the molecule is CCn1c(SCC(=O)Nc2sc(C(=O)N(C)C)c(C)c2C(=O)OC)nnc1C1CCCC1. The lowest BCUT2D eigenvalue weighted by Gasteiger charge is -2.11. The largest absolute Gasteiger partial charge is 0.465 e. The summed E-state index contributed by atoms with van der Waals surface area (Å²) in [6.07, 6.45) is 4.69. The molecule has 1 N–H and O–H groups in total. The molecule has 0 bridgehead atoms. The first-order valence-corrected chi connectivity index (χ1v) is 12.4. The van der Waals surface area contributed by atoms with Crippen molar-refractivity contribution in [1.29, 1.82) is 0 Å². The van der Waals surface area contributed by atoms with Crippen molar-refractivity contribution in [2.75, 3.05) is 32.3 Å². The molecule has 1 aliphatic carbocycles. The van der Waals surface area contributed by atoms with Gasteiger partial charge in [0, 0.05) is 26.6 Å². The zero-order valence-electron chi connectivity index (χ0n) is 19.1. The summed E-state index contributed by atoms with van der Waals surface area (Å²) >= 11 is 2.39. The van der Waals surface area contributed by atoms with Crippen LogP contribution in [0.15, 0.2) is 5.16 Å². The van der Waals surface area contributed by atoms with Gasteiger partial charge in [-0.05, 0) is 32.3 Å². The lowest BCUT2D eigenvalue weighted by atomic mass is 10.1. The average molecular weight is 480 g/mol. The van der Waals surface area contributed by atoms with E-state index in [0.29, 0.717) is 26.5 Å². The number of amides is 2. The standard InChI is InChI=1S/C21H29N5O4S2/c1-6-26-17(13-9-7-8-10-13)23-24-21(26)31-11-14(27)22-18-15(20(29)30-5)12(2)16(32-18)19(28)25(3)4/h13H,6-11H2,1-5H3,(H,22,27). The Morgan fingerprint density at radius 1 is 1.25 bits per heavy atom. The molecule has 0 aromatic carbocycles. The number of aromatic nitrogens is 3. The molecule has 3 rings (SSSR count). The maximum Gasteiger partial charge on any atom is 0.341 e. The van der Waals surface area contributed by atoms with E-state index in [0.717, 1.165) is 36.5 Å². The van der Waals surface area contributed by atoms with E-state index in [1.165, 1.54) is 36.6 Å². The maximum atomic E-state index is 12.7. The topological polar surface area (TPSA) is 106 Å². The minimum absolute atomic E-state index is 0.108. The number of nitrogens with one attached hydrogen (secondary N) is 1. The van der Waals surface area contributed by atoms with Crippen molar-refractivity contribution < 1.29 is 19.1 Å². The van der Waals surface area contributed by atoms with Gasteiger partial charge in [-0.15, -0.1) is 21.5 Å². The fraction of sp³-hybridized carbons (Fsp3) is 0.571. The van der Waals surface area contributed by atoms with Gasteiger partial charge in [-0.25, -0.2) is 4.79 Å². The number of carbonyl (C=O) groups excluding carboxylic acids is 3. The van der Waals surface area contributed by atoms with E-state index in [-0.39, 0.29) is 23.1 Å². The van der Waals surface area contributed by atoms with Gasteiger partial charge < -0.3 is 19.5 Å². The molecule has 9 nitrogen and oxygen atoms in total. The van der Waals surface area contributed by atoms with Crippen molar-refractivity contribution in [2.24, 2.45) is 0 Å². The highest BCUT2D eigenvalue weighted by atomic mass is 32.2. The first-order valence-electron chi connectivity index (χ1n) is 10.6. The summed E-state index contributed by atoms with van der Waals surface area (Å²) in [6.45, 7) is 4.47. The Hall–Kier alpha value is -2.40. The van der Waals surface area contributed by atoms with Crippen molar-refractivity contribution in [3.63, 3.8) is 0 Å². The van der Waals surface area contributed by atoms with Crippen LogP contribution in [-0.2, 0) is 16.1 Å². The van der Waals surface area contributed by atoms with Gasteiger partial charge in [-0.3, -0.25) is 9.59 Å². The predicted octanol–water partition coefficient (Wildman–Crippen LogP) is 3.54. The number of rotatable bonds is 8. The third-order valence-corrected chi connectivity index (χ3v) is 7.67. The molecule has 11 heteroatoms. The molecule has 32 heavy (non-hydrogen) atoms. The normalized spacial score (nSPS) is 13.9. The Bertz CT molecular complexity index is 1010. The van der Waals surface area contributed by atoms with E-state index >= 15 is 0 Å². The maximum absolute atomic E-state index is 12.7. The van der Waals surface area contributed by atoms with Crippen LogP contribution >= 0.6 is 23.1 Å². The molecular formula is C21H29N5O4S2. The second-order valence-corrected chi connectivity index (χ2v) is 9.82. The molecule has 2 aromatic heterocycles. The number of ether oxygens (including phenoxy) is 1. The molecule has 2 amide bonds. The van der Waals surface area contributed by atoms with Gasteiger partial charge in [-0.1, -0.05) is 24.6 Å². The van der Waals surface area contributed by atoms with Crippen LogP contribution in [0.2, 0.25) is 0 Å². The van der Waals surface area contributed by atoms with Crippen molar-refractivity contribution >= 4 is 45.9 Å². The molecule has 174 valence electrons. The van der Waals surface area contributed by atoms with Crippen LogP contribution in [0.25, 0.3) is 0 Å². The zero-order chi connectivity index (χ0) is 23.4. The summed E-state index contributed by atoms with van der Waals surface area (Å²) in [4.78, 5) is 39.3. The summed E-state index contributed by atoms with van der Waals surface area (Å²) < 4.78 is 6.95. The van der Waals surface area contributed by atoms with Crippen molar-refractivity contribution in [1.82, 2.24) is 19.7 Å². The van der Waals surface area contributed by atoms with Gasteiger partial charge >= 0.3 is 5.97 Å². The number of thiophene rings is 1. The Kier molecular flexibility index (Phi) is 7.94. The third-order valence-electron chi connectivity index (χ3n) is 5.50. The first-order chi connectivity index (χ1) is 15.3. The van der Waals surface area contributed by atoms with Crippen LogP contribution in [0.1, 0.15) is 69.9 Å². The van der Waals surface area contributed by atoms with Crippen LogP contribution < -0.4 is 5.32 Å². The van der Waals surface area contributed by atoms with E-state index in [1.807, 2.05) is 6.92 Å². The molecule has 0 radical (unpaired) electrons. The van der Waals surface area contributed by atoms with Gasteiger partial charge in [0.2, 0.25) is 5.91 Å². The lowest BCUT2D eigenvalue weighted by Crippen LogP contribution is -2.21. The lowest BCUT2D eigenvalue weighted by molar-refractivity contribution is -0.113. The van der Waals surface area contributed by atoms with E-state index < -0.39 is 5.97 Å². The van der Waals surface area contributed by atoms with Crippen molar-refractivity contribution in [2.45, 2.75) is 57.1 Å². The highest BCUT2D eigenvalue weighted by Gasteiger charge is 2.28. The van der Waals surface area contributed by atoms with E-state index in [9.17, 15) is 14.4 Å². The van der Waals surface area contributed by atoms with Crippen molar-refractivity contribution in [3.8, 4) is 0 Å². The number of carbonyl (C=O) groups is 3. The first kappa shape index (κ1) is 24.2. The minimum Gasteiger partial charge on any atom is -0.465 e. The second kappa shape index (κ2) is 10.5. The predicted molar refractivity (Wildman–Crippen MR) is 125 cm³/mol. The fourth-order valence-electron chi connectivity index (χ4n) is 3.84. The fourth-order valence-corrected chi connectivity index (χ4v) is 5.88. The molecule has 0 aliphatic heterocycles. The third kappa shape index (κ3) is 4.98. The number of hydrogen-bond acceptors (Lipinski definition) is 8. The van der Waals surface area contributed by atoms with Gasteiger partial charge in [0.1, 0.15) is 10.8 Å². The highest BCUT2D eigenvalue weighted by molar-refractivity contribution is 7.99. The number of hydrogen-bond donors (Lipinski definition) is 1. The molecule has 1 saturated carbocycles. The summed E-state index contributed by atoms with van der Waals surface area (Å²) in [5.41, 5.74) is 0.705. The van der Waals surface area contributed by atoms with Crippen LogP contribution in [0.3, 0.4) is 0 Å². The average Bonchev–Trinajstić information content (AvgIpc) is 3.49. The summed E-state index contributed by atoms with van der Waals surface area (Å²) in [7, 11) is 4.55. The van der Waals surface area contributed by atoms with Crippen LogP contribution in [0.4, 0.5) is 5.00 Å². The Labute approximate surface area is 195 Å². The van der Waals surface area contributed by atoms with Crippen LogP contribution in [0, 0.1) is 6.92 Å². The van der Waals surface area contributed by atoms with E-state index in [4.69, 9.17) is 4.74 Å². The Morgan fingerprint density at radius 2 is 1.94 bits per heavy atom.